The minimum atomic E-state index is -4.63. The number of alkyl carbamates (subject to hydrolysis) is 1. The molecule has 0 radical (unpaired) electrons. The molecular weight excluding hydrogens is 688 g/mol. The molecule has 1 saturated carbocycles. The number of hydrogen-bond acceptors (Lipinski definition) is 6. The molecule has 6 rings (SSSR count). The van der Waals surface area contributed by atoms with Gasteiger partial charge >= 0.3 is 6.09 Å². The van der Waals surface area contributed by atoms with Gasteiger partial charge in [0.05, 0.1) is 11.0 Å². The van der Waals surface area contributed by atoms with Crippen molar-refractivity contribution in [3.8, 4) is 5.75 Å². The van der Waals surface area contributed by atoms with Gasteiger partial charge in [-0.3, -0.25) is 4.79 Å². The highest BCUT2D eigenvalue weighted by Gasteiger charge is 2.56. The second-order valence-electron chi connectivity index (χ2n) is 14.7. The quantitative estimate of drug-likeness (QED) is 0.243. The predicted molar refractivity (Wildman–Crippen MR) is 187 cm³/mol. The van der Waals surface area contributed by atoms with E-state index in [1.54, 1.807) is 39.0 Å². The van der Waals surface area contributed by atoms with Gasteiger partial charge in [0.25, 0.3) is 5.92 Å². The minimum absolute atomic E-state index is 0.153. The first-order valence-electron chi connectivity index (χ1n) is 17.2. The van der Waals surface area contributed by atoms with E-state index in [2.05, 4.69) is 5.32 Å². The third kappa shape index (κ3) is 7.57. The van der Waals surface area contributed by atoms with Gasteiger partial charge < -0.3 is 19.7 Å². The van der Waals surface area contributed by atoms with Crippen LogP contribution in [0, 0.1) is 0 Å². The molecule has 3 aromatic rings. The monoisotopic (exact) mass is 731 g/mol. The number of ether oxygens (including phenoxy) is 2. The zero-order chi connectivity index (χ0) is 36.0. The van der Waals surface area contributed by atoms with E-state index in [9.17, 15) is 18.0 Å². The zero-order valence-electron chi connectivity index (χ0n) is 28.7. The smallest absolute Gasteiger partial charge is 0.407 e. The number of carbonyl (C=O) groups excluding carboxylic acids is 2. The number of alkyl halides is 2. The number of amides is 2. The Morgan fingerprint density at radius 3 is 2.14 bits per heavy atom. The van der Waals surface area contributed by atoms with Crippen molar-refractivity contribution < 1.29 is 36.3 Å². The van der Waals surface area contributed by atoms with Crippen LogP contribution in [0.3, 0.4) is 0 Å². The third-order valence-electron chi connectivity index (χ3n) is 9.94. The lowest BCUT2D eigenvalue weighted by Gasteiger charge is -2.43. The van der Waals surface area contributed by atoms with Gasteiger partial charge in [0.1, 0.15) is 11.4 Å². The molecule has 3 atom stereocenters. The summed E-state index contributed by atoms with van der Waals surface area (Å²) < 4.78 is 73.9. The van der Waals surface area contributed by atoms with E-state index in [0.717, 1.165) is 50.2 Å². The summed E-state index contributed by atoms with van der Waals surface area (Å²) in [7, 11) is -3.59. The third-order valence-corrected chi connectivity index (χ3v) is 12.0. The lowest BCUT2D eigenvalue weighted by Crippen LogP contribution is -2.61. The van der Waals surface area contributed by atoms with E-state index in [1.165, 1.54) is 29.2 Å². The summed E-state index contributed by atoms with van der Waals surface area (Å²) in [6.07, 6.45) is 5.52. The molecule has 3 unspecified atom stereocenters. The summed E-state index contributed by atoms with van der Waals surface area (Å²) in [5, 5.41) is 4.40. The number of nitrogens with one attached hydrogen (secondary N) is 1. The van der Waals surface area contributed by atoms with Crippen LogP contribution in [0.25, 0.3) is 10.8 Å². The Kier molecular flexibility index (Phi) is 10.1. The molecule has 50 heavy (non-hydrogen) atoms. The van der Waals surface area contributed by atoms with Gasteiger partial charge in [-0.15, -0.1) is 0 Å². The van der Waals surface area contributed by atoms with Gasteiger partial charge in [-0.2, -0.15) is 13.1 Å². The number of rotatable bonds is 9. The molecule has 0 spiro atoms. The molecule has 270 valence electrons. The van der Waals surface area contributed by atoms with E-state index in [-0.39, 0.29) is 22.1 Å². The molecule has 1 aliphatic carbocycles. The number of carbonyl (C=O) groups is 2. The van der Waals surface area contributed by atoms with Gasteiger partial charge in [0, 0.05) is 35.8 Å². The highest BCUT2D eigenvalue weighted by Crippen LogP contribution is 2.43. The van der Waals surface area contributed by atoms with Crippen molar-refractivity contribution in [1.29, 1.82) is 0 Å². The normalized spacial score (nSPS) is 22.2. The van der Waals surface area contributed by atoms with Crippen molar-refractivity contribution in [3.05, 3.63) is 71.2 Å². The molecule has 0 aromatic heterocycles. The number of sulfonamides is 1. The molecule has 2 saturated heterocycles. The van der Waals surface area contributed by atoms with Crippen molar-refractivity contribution in [3.63, 3.8) is 0 Å². The lowest BCUT2D eigenvalue weighted by atomic mass is 9.94. The number of piperidine rings is 1. The van der Waals surface area contributed by atoms with Crippen molar-refractivity contribution >= 4 is 44.4 Å². The molecule has 2 heterocycles. The fourth-order valence-corrected chi connectivity index (χ4v) is 9.05. The largest absolute Gasteiger partial charge is 0.490 e. The molecule has 3 fully saturated rings. The van der Waals surface area contributed by atoms with Gasteiger partial charge in [0.2, 0.25) is 15.9 Å². The van der Waals surface area contributed by atoms with Crippen LogP contribution in [-0.4, -0.2) is 72.5 Å². The summed E-state index contributed by atoms with van der Waals surface area (Å²) in [5.74, 6) is -4.24. The van der Waals surface area contributed by atoms with E-state index in [1.807, 2.05) is 6.07 Å². The zero-order valence-corrected chi connectivity index (χ0v) is 30.3. The summed E-state index contributed by atoms with van der Waals surface area (Å²) in [5.41, 5.74) is -1.24. The second-order valence-corrected chi connectivity index (χ2v) is 17.1. The van der Waals surface area contributed by atoms with E-state index in [4.69, 9.17) is 21.1 Å². The van der Waals surface area contributed by atoms with Crippen molar-refractivity contribution in [2.45, 2.75) is 119 Å². The first kappa shape index (κ1) is 36.3. The van der Waals surface area contributed by atoms with Gasteiger partial charge in [-0.1, -0.05) is 35.9 Å². The summed E-state index contributed by atoms with van der Waals surface area (Å²) >= 11 is 6.00. The highest BCUT2D eigenvalue weighted by atomic mass is 35.5. The molecule has 3 aromatic carbocycles. The van der Waals surface area contributed by atoms with Crippen LogP contribution in [0.15, 0.2) is 65.6 Å². The number of hydrogen-bond donors (Lipinski definition) is 1. The Balaban J connectivity index is 1.29. The van der Waals surface area contributed by atoms with Crippen LogP contribution in [0.4, 0.5) is 13.6 Å². The molecule has 3 aliphatic rings. The predicted octanol–water partition coefficient (Wildman–Crippen LogP) is 7.64. The number of benzene rings is 3. The maximum absolute atomic E-state index is 16.7. The second kappa shape index (κ2) is 13.9. The van der Waals surface area contributed by atoms with E-state index >= 15 is 8.78 Å². The minimum Gasteiger partial charge on any atom is -0.490 e. The Morgan fingerprint density at radius 2 is 1.52 bits per heavy atom. The number of nitrogens with zero attached hydrogens (tertiary/aromatic N) is 2. The average molecular weight is 732 g/mol. The Bertz CT molecular complexity index is 1830. The number of halogens is 3. The van der Waals surface area contributed by atoms with Crippen molar-refractivity contribution in [2.24, 2.45) is 0 Å². The fraction of sp³-hybridized carbons (Fsp3) is 0.514. The van der Waals surface area contributed by atoms with Gasteiger partial charge in [0.15, 0.2) is 6.04 Å². The topological polar surface area (TPSA) is 105 Å². The highest BCUT2D eigenvalue weighted by molar-refractivity contribution is 7.89. The molecule has 2 bridgehead atoms. The lowest BCUT2D eigenvalue weighted by molar-refractivity contribution is -0.155. The van der Waals surface area contributed by atoms with E-state index in [0.29, 0.717) is 41.1 Å². The van der Waals surface area contributed by atoms with Crippen LogP contribution >= 0.6 is 11.6 Å². The molecule has 9 nitrogen and oxygen atoms in total. The van der Waals surface area contributed by atoms with Crippen LogP contribution in [0.5, 0.6) is 5.75 Å². The average Bonchev–Trinajstić information content (AvgIpc) is 3.65. The molecule has 1 N–H and O–H groups in total. The molecule has 2 amide bonds. The first-order valence-corrected chi connectivity index (χ1v) is 19.0. The Labute approximate surface area is 297 Å². The SMILES string of the molecule is CN(C(C(=O)N1C2CCC1CC(NC(=O)OC(C)(C)C)C2)C(F)(F)c1ccc(Cl)cc1)S(=O)(=O)c1ccc2cc(OC3CCCC3)ccc2c1. The summed E-state index contributed by atoms with van der Waals surface area (Å²) in [6.45, 7) is 5.26. The van der Waals surface area contributed by atoms with Crippen molar-refractivity contribution in [1.82, 2.24) is 14.5 Å². The standard InChI is InChI=1S/C37H44ClF2N3O6S/c1-36(2,3)49-35(45)41-27-21-28-15-16-29(22-27)43(28)34(44)33(37(39,40)25-11-13-26(38)14-12-25)42(4)50(46,47)32-18-10-23-19-31(17-9-24(23)20-32)48-30-7-5-6-8-30/h9-14,17-20,27-30,33H,5-8,15-16,21-22H2,1-4H3,(H,41,45). The van der Waals surface area contributed by atoms with Crippen molar-refractivity contribution in [2.75, 3.05) is 7.05 Å². The Morgan fingerprint density at radius 1 is 0.920 bits per heavy atom. The maximum atomic E-state index is 16.7. The summed E-state index contributed by atoms with van der Waals surface area (Å²) in [4.78, 5) is 28.2. The molecule has 13 heteroatoms. The maximum Gasteiger partial charge on any atom is 0.407 e. The molecule has 2 aliphatic heterocycles. The van der Waals surface area contributed by atoms with Crippen LogP contribution in [0.1, 0.15) is 77.7 Å². The molecular formula is C37H44ClF2N3O6S. The first-order chi connectivity index (χ1) is 23.5. The van der Waals surface area contributed by atoms with Crippen LogP contribution < -0.4 is 10.1 Å². The van der Waals surface area contributed by atoms with Crippen LogP contribution in [-0.2, 0) is 25.5 Å². The summed E-state index contributed by atoms with van der Waals surface area (Å²) in [6, 6.07) is 10.9. The fourth-order valence-electron chi connectivity index (χ4n) is 7.58. The number of likely N-dealkylation sites (N-methyl/N-ethyl adjacent to an activating group) is 1. The number of fused-ring (bicyclic) bond motifs is 3. The van der Waals surface area contributed by atoms with Gasteiger partial charge in [-0.05, 0) is 119 Å². The van der Waals surface area contributed by atoms with Gasteiger partial charge in [-0.25, -0.2) is 13.2 Å². The Hall–Kier alpha value is -3.48. The van der Waals surface area contributed by atoms with Crippen LogP contribution in [0.2, 0.25) is 5.02 Å². The van der Waals surface area contributed by atoms with E-state index < -0.39 is 57.2 Å².